The van der Waals surface area contributed by atoms with Crippen LogP contribution in [-0.2, 0) is 16.6 Å². The highest BCUT2D eigenvalue weighted by atomic mass is 32.2. The number of aromatic nitrogens is 1. The van der Waals surface area contributed by atoms with Crippen LogP contribution in [0, 0.1) is 0 Å². The van der Waals surface area contributed by atoms with Gasteiger partial charge >= 0.3 is 0 Å². The molecule has 1 N–H and O–H groups in total. The second-order valence-corrected chi connectivity index (χ2v) is 8.63. The number of methoxy groups -OCH3 is 1. The maximum atomic E-state index is 12.9. The first kappa shape index (κ1) is 20.3. The first-order valence-corrected chi connectivity index (χ1v) is 10.7. The van der Waals surface area contributed by atoms with Gasteiger partial charge in [0.2, 0.25) is 10.0 Å². The van der Waals surface area contributed by atoms with E-state index in [1.54, 1.807) is 19.3 Å². The molecule has 150 valence electrons. The first-order chi connectivity index (χ1) is 13.4. The van der Waals surface area contributed by atoms with Crippen LogP contribution in [0.25, 0.3) is 0 Å². The third-order valence-electron chi connectivity index (χ3n) is 4.85. The van der Waals surface area contributed by atoms with E-state index in [0.717, 1.165) is 31.4 Å². The summed E-state index contributed by atoms with van der Waals surface area (Å²) in [6, 6.07) is 9.90. The van der Waals surface area contributed by atoms with E-state index in [2.05, 4.69) is 9.71 Å². The van der Waals surface area contributed by atoms with E-state index < -0.39 is 10.0 Å². The molecular formula is C20H25N3O4S. The van der Waals surface area contributed by atoms with Crippen molar-refractivity contribution in [2.75, 3.05) is 14.2 Å². The summed E-state index contributed by atoms with van der Waals surface area (Å²) in [5.74, 6) is -0.0694. The highest BCUT2D eigenvalue weighted by molar-refractivity contribution is 7.89. The molecule has 1 aromatic carbocycles. The molecule has 0 aliphatic heterocycles. The van der Waals surface area contributed by atoms with Crippen LogP contribution in [0.4, 0.5) is 0 Å². The predicted octanol–water partition coefficient (Wildman–Crippen LogP) is 2.58. The fraction of sp³-hybridized carbons (Fsp3) is 0.400. The topological polar surface area (TPSA) is 88.6 Å². The zero-order chi connectivity index (χ0) is 20.1. The van der Waals surface area contributed by atoms with Crippen LogP contribution in [0.2, 0.25) is 0 Å². The maximum Gasteiger partial charge on any atom is 0.253 e. The quantitative estimate of drug-likeness (QED) is 0.768. The molecule has 1 amide bonds. The van der Waals surface area contributed by atoms with Crippen LogP contribution in [0.3, 0.4) is 0 Å². The molecule has 1 aliphatic rings. The number of ether oxygens (including phenoxy) is 1. The van der Waals surface area contributed by atoms with Crippen LogP contribution in [0.15, 0.2) is 47.5 Å². The van der Waals surface area contributed by atoms with Crippen LogP contribution >= 0.6 is 0 Å². The molecule has 0 bridgehead atoms. The van der Waals surface area contributed by atoms with Crippen LogP contribution in [0.1, 0.15) is 41.7 Å². The average molecular weight is 404 g/mol. The van der Waals surface area contributed by atoms with E-state index in [-0.39, 0.29) is 28.2 Å². The second-order valence-electron chi connectivity index (χ2n) is 6.95. The number of benzene rings is 1. The molecule has 2 aromatic rings. The third-order valence-corrected chi connectivity index (χ3v) is 6.39. The lowest BCUT2D eigenvalue weighted by atomic mass is 10.2. The molecule has 3 rings (SSSR count). The summed E-state index contributed by atoms with van der Waals surface area (Å²) >= 11 is 0. The Morgan fingerprint density at radius 2 is 2.00 bits per heavy atom. The van der Waals surface area contributed by atoms with E-state index in [0.29, 0.717) is 6.54 Å². The van der Waals surface area contributed by atoms with Gasteiger partial charge in [0, 0.05) is 24.8 Å². The van der Waals surface area contributed by atoms with Gasteiger partial charge in [0.05, 0.1) is 19.3 Å². The minimum atomic E-state index is -3.79. The number of amides is 1. The summed E-state index contributed by atoms with van der Waals surface area (Å²) in [5.41, 5.74) is 1.04. The second kappa shape index (κ2) is 8.70. The number of carbonyl (C=O) groups is 1. The summed E-state index contributed by atoms with van der Waals surface area (Å²) < 4.78 is 33.7. The van der Waals surface area contributed by atoms with E-state index >= 15 is 0 Å². The van der Waals surface area contributed by atoms with Crippen molar-refractivity contribution in [1.82, 2.24) is 14.6 Å². The zero-order valence-electron chi connectivity index (χ0n) is 16.1. The number of pyridine rings is 1. The van der Waals surface area contributed by atoms with Gasteiger partial charge < -0.3 is 9.64 Å². The number of carbonyl (C=O) groups excluding carboxylic acids is 1. The monoisotopic (exact) mass is 403 g/mol. The van der Waals surface area contributed by atoms with Gasteiger partial charge in [-0.3, -0.25) is 9.78 Å². The van der Waals surface area contributed by atoms with Gasteiger partial charge in [0.25, 0.3) is 5.91 Å². The average Bonchev–Trinajstić information content (AvgIpc) is 3.20. The number of hydrogen-bond donors (Lipinski definition) is 1. The van der Waals surface area contributed by atoms with Crippen LogP contribution in [-0.4, -0.2) is 44.4 Å². The number of nitrogens with zero attached hydrogens (tertiary/aromatic N) is 2. The molecule has 8 heteroatoms. The fourth-order valence-corrected chi connectivity index (χ4v) is 4.87. The Morgan fingerprint density at radius 3 is 2.64 bits per heavy atom. The molecule has 1 heterocycles. The van der Waals surface area contributed by atoms with Gasteiger partial charge in [0.15, 0.2) is 0 Å². The Balaban J connectivity index is 1.84. The summed E-state index contributed by atoms with van der Waals surface area (Å²) in [6.45, 7) is 0.327. The van der Waals surface area contributed by atoms with Crippen molar-refractivity contribution >= 4 is 15.9 Å². The first-order valence-electron chi connectivity index (χ1n) is 9.26. The largest absolute Gasteiger partial charge is 0.495 e. The Morgan fingerprint density at radius 1 is 1.25 bits per heavy atom. The van der Waals surface area contributed by atoms with Crippen molar-refractivity contribution < 1.29 is 17.9 Å². The summed E-state index contributed by atoms with van der Waals surface area (Å²) in [7, 11) is -0.711. The smallest absolute Gasteiger partial charge is 0.253 e. The SMILES string of the molecule is COc1ccc(C(=O)N(C)Cc2ccccn2)cc1S(=O)(=O)NC1CCCC1. The lowest BCUT2D eigenvalue weighted by Gasteiger charge is -2.19. The van der Waals surface area contributed by atoms with Crippen LogP contribution < -0.4 is 9.46 Å². The van der Waals surface area contributed by atoms with Gasteiger partial charge in [-0.05, 0) is 43.2 Å². The molecule has 0 unspecified atom stereocenters. The molecule has 0 atom stereocenters. The van der Waals surface area contributed by atoms with E-state index in [4.69, 9.17) is 4.74 Å². The van der Waals surface area contributed by atoms with Crippen molar-refractivity contribution in [3.8, 4) is 5.75 Å². The minimum Gasteiger partial charge on any atom is -0.495 e. The lowest BCUT2D eigenvalue weighted by molar-refractivity contribution is 0.0783. The molecule has 0 spiro atoms. The molecule has 28 heavy (non-hydrogen) atoms. The van der Waals surface area contributed by atoms with Crippen molar-refractivity contribution in [3.63, 3.8) is 0 Å². The van der Waals surface area contributed by atoms with Crippen LogP contribution in [0.5, 0.6) is 5.75 Å². The number of rotatable bonds is 7. The highest BCUT2D eigenvalue weighted by Crippen LogP contribution is 2.27. The Hall–Kier alpha value is -2.45. The standard InChI is InChI=1S/C20H25N3O4S/c1-23(14-17-9-5-6-12-21-17)20(24)15-10-11-18(27-2)19(13-15)28(25,26)22-16-7-3-4-8-16/h5-6,9-13,16,22H,3-4,7-8,14H2,1-2H3. The molecular weight excluding hydrogens is 378 g/mol. The normalized spacial score (nSPS) is 14.8. The molecule has 7 nitrogen and oxygen atoms in total. The van der Waals surface area contributed by atoms with Crippen molar-refractivity contribution in [3.05, 3.63) is 53.9 Å². The number of nitrogens with one attached hydrogen (secondary N) is 1. The van der Waals surface area contributed by atoms with Gasteiger partial charge in [-0.15, -0.1) is 0 Å². The summed E-state index contributed by atoms with van der Waals surface area (Å²) in [5, 5.41) is 0. The summed E-state index contributed by atoms with van der Waals surface area (Å²) in [6.07, 6.45) is 5.35. The third kappa shape index (κ3) is 4.69. The molecule has 0 radical (unpaired) electrons. The molecule has 1 saturated carbocycles. The summed E-state index contributed by atoms with van der Waals surface area (Å²) in [4.78, 5) is 18.5. The van der Waals surface area contributed by atoms with Crippen molar-refractivity contribution in [1.29, 1.82) is 0 Å². The Labute approximate surface area is 165 Å². The van der Waals surface area contributed by atoms with E-state index in [1.807, 2.05) is 18.2 Å². The van der Waals surface area contributed by atoms with Crippen molar-refractivity contribution in [2.45, 2.75) is 43.2 Å². The molecule has 1 fully saturated rings. The fourth-order valence-electron chi connectivity index (χ4n) is 3.37. The van der Waals surface area contributed by atoms with Gasteiger partial charge in [0.1, 0.15) is 10.6 Å². The van der Waals surface area contributed by atoms with E-state index in [1.165, 1.54) is 24.1 Å². The predicted molar refractivity (Wildman–Crippen MR) is 106 cm³/mol. The van der Waals surface area contributed by atoms with Gasteiger partial charge in [-0.2, -0.15) is 0 Å². The van der Waals surface area contributed by atoms with Gasteiger partial charge in [-0.25, -0.2) is 13.1 Å². The Kier molecular flexibility index (Phi) is 6.31. The minimum absolute atomic E-state index is 0.0148. The molecule has 0 saturated heterocycles. The van der Waals surface area contributed by atoms with Crippen molar-refractivity contribution in [2.24, 2.45) is 0 Å². The molecule has 1 aliphatic carbocycles. The van der Waals surface area contributed by atoms with Gasteiger partial charge in [-0.1, -0.05) is 18.9 Å². The number of sulfonamides is 1. The zero-order valence-corrected chi connectivity index (χ0v) is 16.9. The number of hydrogen-bond acceptors (Lipinski definition) is 5. The highest BCUT2D eigenvalue weighted by Gasteiger charge is 2.27. The molecule has 1 aromatic heterocycles. The Bertz CT molecular complexity index is 926. The van der Waals surface area contributed by atoms with E-state index in [9.17, 15) is 13.2 Å². The lowest BCUT2D eigenvalue weighted by Crippen LogP contribution is -2.33. The maximum absolute atomic E-state index is 12.9.